The summed E-state index contributed by atoms with van der Waals surface area (Å²) in [7, 11) is 0. The number of esters is 1. The molecule has 0 radical (unpaired) electrons. The van der Waals surface area contributed by atoms with Crippen LogP contribution in [-0.4, -0.2) is 25.0 Å². The fraction of sp³-hybridized carbons (Fsp3) is 0.500. The predicted octanol–water partition coefficient (Wildman–Crippen LogP) is 2.57. The first-order valence-corrected chi connectivity index (χ1v) is 7.34. The average molecular weight is 292 g/mol. The lowest BCUT2D eigenvalue weighted by Crippen LogP contribution is -2.14. The summed E-state index contributed by atoms with van der Waals surface area (Å²) >= 11 is 0. The zero-order valence-corrected chi connectivity index (χ0v) is 12.7. The maximum Gasteiger partial charge on any atom is 0.338 e. The third-order valence-corrected chi connectivity index (χ3v) is 3.20. The van der Waals surface area contributed by atoms with Crippen molar-refractivity contribution < 1.29 is 14.3 Å². The van der Waals surface area contributed by atoms with Crippen LogP contribution in [0.5, 0.6) is 0 Å². The Hall–Kier alpha value is -1.88. The normalized spacial score (nSPS) is 11.8. The molecule has 0 heterocycles. The minimum absolute atomic E-state index is 0.0252. The number of amides is 1. The van der Waals surface area contributed by atoms with Crippen LogP contribution in [0.15, 0.2) is 24.3 Å². The molecule has 0 aliphatic rings. The van der Waals surface area contributed by atoms with Crippen molar-refractivity contribution in [2.75, 3.05) is 18.5 Å². The molecule has 3 N–H and O–H groups in total. The summed E-state index contributed by atoms with van der Waals surface area (Å²) in [6.45, 7) is 4.85. The van der Waals surface area contributed by atoms with Gasteiger partial charge in [-0.1, -0.05) is 6.92 Å². The summed E-state index contributed by atoms with van der Waals surface area (Å²) in [4.78, 5) is 23.3. The smallest absolute Gasteiger partial charge is 0.338 e. The summed E-state index contributed by atoms with van der Waals surface area (Å²) in [5.41, 5.74) is 6.64. The van der Waals surface area contributed by atoms with Gasteiger partial charge in [0, 0.05) is 12.1 Å². The molecule has 0 saturated heterocycles. The van der Waals surface area contributed by atoms with E-state index in [1.54, 1.807) is 31.2 Å². The second-order valence-electron chi connectivity index (χ2n) is 5.07. The van der Waals surface area contributed by atoms with Crippen LogP contribution in [0.25, 0.3) is 0 Å². The minimum atomic E-state index is -0.356. The first kappa shape index (κ1) is 17.2. The number of carbonyl (C=O) groups is 2. The minimum Gasteiger partial charge on any atom is -0.462 e. The van der Waals surface area contributed by atoms with Gasteiger partial charge >= 0.3 is 5.97 Å². The Labute approximate surface area is 125 Å². The van der Waals surface area contributed by atoms with Gasteiger partial charge in [-0.3, -0.25) is 4.79 Å². The molecule has 116 valence electrons. The van der Waals surface area contributed by atoms with Crippen LogP contribution in [0.1, 0.15) is 43.5 Å². The lowest BCUT2D eigenvalue weighted by Gasteiger charge is -2.10. The van der Waals surface area contributed by atoms with E-state index in [4.69, 9.17) is 10.5 Å². The van der Waals surface area contributed by atoms with Crippen molar-refractivity contribution in [3.63, 3.8) is 0 Å². The molecule has 1 amide bonds. The maximum absolute atomic E-state index is 11.8. The summed E-state index contributed by atoms with van der Waals surface area (Å²) in [5, 5.41) is 2.82. The molecule has 0 fully saturated rings. The number of ether oxygens (including phenoxy) is 1. The lowest BCUT2D eigenvalue weighted by atomic mass is 10.0. The van der Waals surface area contributed by atoms with Gasteiger partial charge in [-0.2, -0.15) is 0 Å². The standard InChI is InChI=1S/C16H24N2O3/c1-3-21-16(20)13-5-7-14(8-6-13)18-15(19)9-4-12(2)10-11-17/h5-8,12H,3-4,9-11,17H2,1-2H3,(H,18,19). The van der Waals surface area contributed by atoms with E-state index < -0.39 is 0 Å². The van der Waals surface area contributed by atoms with Gasteiger partial charge in [-0.05, 0) is 56.5 Å². The van der Waals surface area contributed by atoms with Gasteiger partial charge < -0.3 is 15.8 Å². The van der Waals surface area contributed by atoms with E-state index in [1.807, 2.05) is 0 Å². The summed E-state index contributed by atoms with van der Waals surface area (Å²) in [6.07, 6.45) is 2.23. The Morgan fingerprint density at radius 1 is 1.24 bits per heavy atom. The molecular formula is C16H24N2O3. The summed E-state index contributed by atoms with van der Waals surface area (Å²) < 4.78 is 4.90. The molecule has 1 atom stereocenters. The van der Waals surface area contributed by atoms with Crippen molar-refractivity contribution in [2.24, 2.45) is 11.7 Å². The number of nitrogens with one attached hydrogen (secondary N) is 1. The zero-order valence-electron chi connectivity index (χ0n) is 12.7. The van der Waals surface area contributed by atoms with Crippen LogP contribution >= 0.6 is 0 Å². The molecule has 0 aliphatic heterocycles. The molecule has 1 rings (SSSR count). The van der Waals surface area contributed by atoms with Crippen LogP contribution in [0.3, 0.4) is 0 Å². The molecule has 0 saturated carbocycles. The third-order valence-electron chi connectivity index (χ3n) is 3.20. The average Bonchev–Trinajstić information content (AvgIpc) is 2.46. The number of rotatable bonds is 8. The molecule has 1 aromatic carbocycles. The third kappa shape index (κ3) is 6.40. The molecule has 0 bridgehead atoms. The van der Waals surface area contributed by atoms with Crippen molar-refractivity contribution in [3.8, 4) is 0 Å². The summed E-state index contributed by atoms with van der Waals surface area (Å²) in [5.74, 6) is 0.0701. The number of hydrogen-bond acceptors (Lipinski definition) is 4. The monoisotopic (exact) mass is 292 g/mol. The lowest BCUT2D eigenvalue weighted by molar-refractivity contribution is -0.116. The van der Waals surface area contributed by atoms with Gasteiger partial charge in [0.05, 0.1) is 12.2 Å². The van der Waals surface area contributed by atoms with E-state index in [0.29, 0.717) is 36.7 Å². The molecule has 5 nitrogen and oxygen atoms in total. The Balaban J connectivity index is 2.44. The van der Waals surface area contributed by atoms with E-state index in [0.717, 1.165) is 12.8 Å². The highest BCUT2D eigenvalue weighted by Crippen LogP contribution is 2.13. The molecular weight excluding hydrogens is 268 g/mol. The quantitative estimate of drug-likeness (QED) is 0.721. The van der Waals surface area contributed by atoms with E-state index in [2.05, 4.69) is 12.2 Å². The largest absolute Gasteiger partial charge is 0.462 e. The van der Waals surface area contributed by atoms with Crippen molar-refractivity contribution in [1.29, 1.82) is 0 Å². The van der Waals surface area contributed by atoms with Crippen molar-refractivity contribution in [3.05, 3.63) is 29.8 Å². The molecule has 1 aromatic rings. The Bertz CT molecular complexity index is 457. The van der Waals surface area contributed by atoms with Gasteiger partial charge in [0.15, 0.2) is 0 Å². The molecule has 0 spiro atoms. The van der Waals surface area contributed by atoms with Crippen LogP contribution in [0.2, 0.25) is 0 Å². The second-order valence-corrected chi connectivity index (χ2v) is 5.07. The van der Waals surface area contributed by atoms with E-state index in [1.165, 1.54) is 0 Å². The molecule has 0 aromatic heterocycles. The van der Waals surface area contributed by atoms with Gasteiger partial charge in [-0.15, -0.1) is 0 Å². The van der Waals surface area contributed by atoms with Gasteiger partial charge in [-0.25, -0.2) is 4.79 Å². The fourth-order valence-corrected chi connectivity index (χ4v) is 1.93. The first-order chi connectivity index (χ1) is 10.1. The van der Waals surface area contributed by atoms with Crippen LogP contribution < -0.4 is 11.1 Å². The number of hydrogen-bond donors (Lipinski definition) is 2. The second kappa shape index (κ2) is 9.13. The van der Waals surface area contributed by atoms with E-state index in [9.17, 15) is 9.59 Å². The zero-order chi connectivity index (χ0) is 15.7. The van der Waals surface area contributed by atoms with E-state index >= 15 is 0 Å². The van der Waals surface area contributed by atoms with E-state index in [-0.39, 0.29) is 11.9 Å². The SMILES string of the molecule is CCOC(=O)c1ccc(NC(=O)CCC(C)CCN)cc1. The number of benzene rings is 1. The maximum atomic E-state index is 11.8. The van der Waals surface area contributed by atoms with Crippen molar-refractivity contribution >= 4 is 17.6 Å². The van der Waals surface area contributed by atoms with Crippen molar-refractivity contribution in [1.82, 2.24) is 0 Å². The van der Waals surface area contributed by atoms with Gasteiger partial charge in [0.25, 0.3) is 0 Å². The highest BCUT2D eigenvalue weighted by molar-refractivity contribution is 5.93. The molecule has 1 unspecified atom stereocenters. The van der Waals surface area contributed by atoms with Gasteiger partial charge in [0.2, 0.25) is 5.91 Å². The number of anilines is 1. The topological polar surface area (TPSA) is 81.4 Å². The summed E-state index contributed by atoms with van der Waals surface area (Å²) in [6, 6.07) is 6.69. The Morgan fingerprint density at radius 2 is 1.90 bits per heavy atom. The molecule has 0 aliphatic carbocycles. The number of nitrogens with two attached hydrogens (primary N) is 1. The Morgan fingerprint density at radius 3 is 2.48 bits per heavy atom. The highest BCUT2D eigenvalue weighted by Gasteiger charge is 2.08. The molecule has 21 heavy (non-hydrogen) atoms. The first-order valence-electron chi connectivity index (χ1n) is 7.34. The van der Waals surface area contributed by atoms with Crippen LogP contribution in [0, 0.1) is 5.92 Å². The number of carbonyl (C=O) groups excluding carboxylic acids is 2. The van der Waals surface area contributed by atoms with Crippen molar-refractivity contribution in [2.45, 2.75) is 33.1 Å². The Kier molecular flexibility index (Phi) is 7.46. The van der Waals surface area contributed by atoms with Crippen LogP contribution in [-0.2, 0) is 9.53 Å². The van der Waals surface area contributed by atoms with Gasteiger partial charge in [0.1, 0.15) is 0 Å². The predicted molar refractivity (Wildman–Crippen MR) is 83.1 cm³/mol. The fourth-order valence-electron chi connectivity index (χ4n) is 1.93. The molecule has 5 heteroatoms. The highest BCUT2D eigenvalue weighted by atomic mass is 16.5. The van der Waals surface area contributed by atoms with Crippen LogP contribution in [0.4, 0.5) is 5.69 Å².